The number of thiazole rings is 1. The van der Waals surface area contributed by atoms with Crippen LogP contribution >= 0.6 is 11.3 Å². The Morgan fingerprint density at radius 2 is 2.19 bits per heavy atom. The molecule has 0 unspecified atom stereocenters. The Bertz CT molecular complexity index is 612. The molecule has 16 heavy (non-hydrogen) atoms. The van der Waals surface area contributed by atoms with Crippen molar-refractivity contribution >= 4 is 33.2 Å². The zero-order chi connectivity index (χ0) is 11.0. The SMILES string of the molecule is Cn1nc(Nc2nccs2)c2ccccc21. The molecular weight excluding hydrogens is 220 g/mol. The lowest BCUT2D eigenvalue weighted by atomic mass is 10.2. The molecule has 1 N–H and O–H groups in total. The van der Waals surface area contributed by atoms with Crippen LogP contribution in [0.3, 0.4) is 0 Å². The van der Waals surface area contributed by atoms with Gasteiger partial charge >= 0.3 is 0 Å². The second-order valence-corrected chi connectivity index (χ2v) is 4.35. The fourth-order valence-corrected chi connectivity index (χ4v) is 2.22. The van der Waals surface area contributed by atoms with Crippen LogP contribution in [-0.2, 0) is 7.05 Å². The maximum Gasteiger partial charge on any atom is 0.188 e. The molecule has 0 bridgehead atoms. The van der Waals surface area contributed by atoms with Gasteiger partial charge in [-0.25, -0.2) is 4.98 Å². The van der Waals surface area contributed by atoms with E-state index in [1.807, 2.05) is 29.2 Å². The minimum atomic E-state index is 0.855. The average Bonchev–Trinajstić information content (AvgIpc) is 2.90. The summed E-state index contributed by atoms with van der Waals surface area (Å²) in [5, 5.41) is 11.6. The van der Waals surface area contributed by atoms with Crippen LogP contribution in [0.15, 0.2) is 35.8 Å². The quantitative estimate of drug-likeness (QED) is 0.736. The third-order valence-corrected chi connectivity index (χ3v) is 3.10. The number of anilines is 2. The number of fused-ring (bicyclic) bond motifs is 1. The molecule has 0 atom stereocenters. The van der Waals surface area contributed by atoms with E-state index in [0.29, 0.717) is 0 Å². The molecule has 3 aromatic rings. The number of para-hydroxylation sites is 1. The highest BCUT2D eigenvalue weighted by atomic mass is 32.1. The van der Waals surface area contributed by atoms with Crippen molar-refractivity contribution in [2.45, 2.75) is 0 Å². The van der Waals surface area contributed by atoms with E-state index in [4.69, 9.17) is 0 Å². The van der Waals surface area contributed by atoms with Crippen molar-refractivity contribution < 1.29 is 0 Å². The van der Waals surface area contributed by atoms with Crippen LogP contribution in [0.1, 0.15) is 0 Å². The Kier molecular flexibility index (Phi) is 2.11. The molecule has 4 nitrogen and oxygen atoms in total. The summed E-state index contributed by atoms with van der Waals surface area (Å²) in [7, 11) is 1.94. The van der Waals surface area contributed by atoms with E-state index < -0.39 is 0 Å². The maximum atomic E-state index is 4.44. The summed E-state index contributed by atoms with van der Waals surface area (Å²) in [6.07, 6.45) is 1.78. The van der Waals surface area contributed by atoms with Crippen molar-refractivity contribution in [3.63, 3.8) is 0 Å². The van der Waals surface area contributed by atoms with Crippen LogP contribution in [0.25, 0.3) is 10.9 Å². The van der Waals surface area contributed by atoms with Crippen molar-refractivity contribution in [2.24, 2.45) is 7.05 Å². The lowest BCUT2D eigenvalue weighted by Crippen LogP contribution is -1.93. The first-order valence-electron chi connectivity index (χ1n) is 4.93. The van der Waals surface area contributed by atoms with Crippen LogP contribution in [0, 0.1) is 0 Å². The minimum Gasteiger partial charge on any atom is -0.314 e. The van der Waals surface area contributed by atoms with E-state index in [1.54, 1.807) is 17.5 Å². The molecule has 0 saturated carbocycles. The fourth-order valence-electron chi connectivity index (χ4n) is 1.69. The molecule has 0 amide bonds. The van der Waals surface area contributed by atoms with Crippen LogP contribution in [0.2, 0.25) is 0 Å². The summed E-state index contributed by atoms with van der Waals surface area (Å²) in [6, 6.07) is 8.13. The Labute approximate surface area is 96.6 Å². The minimum absolute atomic E-state index is 0.855. The number of nitrogens with one attached hydrogen (secondary N) is 1. The van der Waals surface area contributed by atoms with E-state index in [1.165, 1.54) is 0 Å². The predicted molar refractivity (Wildman–Crippen MR) is 66.1 cm³/mol. The normalized spacial score (nSPS) is 10.8. The van der Waals surface area contributed by atoms with Crippen LogP contribution in [-0.4, -0.2) is 14.8 Å². The number of aryl methyl sites for hydroxylation is 1. The number of rotatable bonds is 2. The first-order chi connectivity index (χ1) is 7.84. The highest BCUT2D eigenvalue weighted by Gasteiger charge is 2.08. The van der Waals surface area contributed by atoms with Gasteiger partial charge in [0.1, 0.15) is 0 Å². The molecule has 0 spiro atoms. The molecule has 80 valence electrons. The van der Waals surface area contributed by atoms with Crippen molar-refractivity contribution in [3.05, 3.63) is 35.8 Å². The Balaban J connectivity index is 2.10. The van der Waals surface area contributed by atoms with Gasteiger partial charge < -0.3 is 5.32 Å². The molecule has 0 aliphatic heterocycles. The van der Waals surface area contributed by atoms with Gasteiger partial charge in [-0.15, -0.1) is 11.3 Å². The summed E-state index contributed by atoms with van der Waals surface area (Å²) >= 11 is 1.56. The molecule has 0 radical (unpaired) electrons. The highest BCUT2D eigenvalue weighted by molar-refractivity contribution is 7.13. The smallest absolute Gasteiger partial charge is 0.188 e. The van der Waals surface area contributed by atoms with Crippen LogP contribution in [0.4, 0.5) is 10.9 Å². The first kappa shape index (κ1) is 9.35. The van der Waals surface area contributed by atoms with Crippen LogP contribution in [0.5, 0.6) is 0 Å². The monoisotopic (exact) mass is 230 g/mol. The molecule has 3 rings (SSSR count). The lowest BCUT2D eigenvalue weighted by Gasteiger charge is -1.96. The van der Waals surface area contributed by atoms with Gasteiger partial charge in [0.05, 0.1) is 5.52 Å². The molecule has 5 heteroatoms. The van der Waals surface area contributed by atoms with E-state index >= 15 is 0 Å². The molecule has 0 fully saturated rings. The standard InChI is InChI=1S/C11H10N4S/c1-15-9-5-3-2-4-8(9)10(14-15)13-11-12-6-7-16-11/h2-7H,1H3,(H,12,13,14). The summed E-state index contributed by atoms with van der Waals surface area (Å²) in [5.41, 5.74) is 1.11. The van der Waals surface area contributed by atoms with Gasteiger partial charge in [0.25, 0.3) is 0 Å². The van der Waals surface area contributed by atoms with Gasteiger partial charge in [0.2, 0.25) is 0 Å². The topological polar surface area (TPSA) is 42.7 Å². The summed E-state index contributed by atoms with van der Waals surface area (Å²) in [4.78, 5) is 4.19. The molecule has 0 aliphatic carbocycles. The Hall–Kier alpha value is -1.88. The van der Waals surface area contributed by atoms with Gasteiger partial charge in [-0.2, -0.15) is 5.10 Å². The van der Waals surface area contributed by atoms with Crippen LogP contribution < -0.4 is 5.32 Å². The van der Waals surface area contributed by atoms with E-state index in [9.17, 15) is 0 Å². The van der Waals surface area contributed by atoms with Gasteiger partial charge in [-0.05, 0) is 12.1 Å². The number of nitrogens with zero attached hydrogens (tertiary/aromatic N) is 3. The number of hydrogen-bond acceptors (Lipinski definition) is 4. The summed E-state index contributed by atoms with van der Waals surface area (Å²) in [5.74, 6) is 0.855. The number of hydrogen-bond donors (Lipinski definition) is 1. The van der Waals surface area contributed by atoms with Crippen molar-refractivity contribution in [1.29, 1.82) is 0 Å². The van der Waals surface area contributed by atoms with E-state index in [-0.39, 0.29) is 0 Å². The number of aromatic nitrogens is 3. The van der Waals surface area contributed by atoms with Gasteiger partial charge in [0.15, 0.2) is 10.9 Å². The second kappa shape index (κ2) is 3.61. The molecule has 2 aromatic heterocycles. The zero-order valence-corrected chi connectivity index (χ0v) is 9.53. The second-order valence-electron chi connectivity index (χ2n) is 3.45. The largest absolute Gasteiger partial charge is 0.314 e. The van der Waals surface area contributed by atoms with Crippen molar-refractivity contribution in [2.75, 3.05) is 5.32 Å². The molecule has 0 saturated heterocycles. The summed E-state index contributed by atoms with van der Waals surface area (Å²) in [6.45, 7) is 0. The highest BCUT2D eigenvalue weighted by Crippen LogP contribution is 2.25. The van der Waals surface area contributed by atoms with Gasteiger partial charge in [0, 0.05) is 24.0 Å². The molecule has 1 aromatic carbocycles. The third kappa shape index (κ3) is 1.45. The van der Waals surface area contributed by atoms with Crippen molar-refractivity contribution in [3.8, 4) is 0 Å². The predicted octanol–water partition coefficient (Wildman–Crippen LogP) is 2.77. The van der Waals surface area contributed by atoms with Crippen molar-refractivity contribution in [1.82, 2.24) is 14.8 Å². The number of benzene rings is 1. The average molecular weight is 230 g/mol. The van der Waals surface area contributed by atoms with E-state index in [2.05, 4.69) is 27.5 Å². The van der Waals surface area contributed by atoms with Gasteiger partial charge in [-0.1, -0.05) is 12.1 Å². The Morgan fingerprint density at radius 3 is 3.00 bits per heavy atom. The molecular formula is C11H10N4S. The lowest BCUT2D eigenvalue weighted by molar-refractivity contribution is 0.801. The maximum absolute atomic E-state index is 4.44. The first-order valence-corrected chi connectivity index (χ1v) is 5.81. The third-order valence-electron chi connectivity index (χ3n) is 2.42. The zero-order valence-electron chi connectivity index (χ0n) is 8.71. The van der Waals surface area contributed by atoms with Gasteiger partial charge in [-0.3, -0.25) is 4.68 Å². The fraction of sp³-hybridized carbons (Fsp3) is 0.0909. The Morgan fingerprint density at radius 1 is 1.31 bits per heavy atom. The van der Waals surface area contributed by atoms with E-state index in [0.717, 1.165) is 21.9 Å². The summed E-state index contributed by atoms with van der Waals surface area (Å²) < 4.78 is 1.87. The molecule has 2 heterocycles. The molecule has 0 aliphatic rings.